The molecule has 0 spiro atoms. The molecule has 0 radical (unpaired) electrons. The maximum atomic E-state index is 12.2. The Kier molecular flexibility index (Phi) is 8.49. The number of oxazole rings is 1. The monoisotopic (exact) mass is 430 g/mol. The average molecular weight is 431 g/mol. The molecule has 2 N–H and O–H groups in total. The summed E-state index contributed by atoms with van der Waals surface area (Å²) in [6, 6.07) is 8.50. The van der Waals surface area contributed by atoms with Gasteiger partial charge >= 0.3 is 0 Å². The summed E-state index contributed by atoms with van der Waals surface area (Å²) >= 11 is 0. The number of hydrogen-bond donors (Lipinski definition) is 2. The Labute approximate surface area is 182 Å². The summed E-state index contributed by atoms with van der Waals surface area (Å²) in [6.45, 7) is 7.58. The molecule has 1 aliphatic carbocycles. The normalized spacial score (nSPS) is 20.7. The van der Waals surface area contributed by atoms with Gasteiger partial charge in [-0.2, -0.15) is 0 Å². The molecule has 3 atom stereocenters. The van der Waals surface area contributed by atoms with E-state index in [0.717, 1.165) is 61.6 Å². The van der Waals surface area contributed by atoms with Gasteiger partial charge in [0.05, 0.1) is 5.69 Å². The van der Waals surface area contributed by atoms with Crippen LogP contribution in [-0.4, -0.2) is 45.3 Å². The summed E-state index contributed by atoms with van der Waals surface area (Å²) in [5, 5.41) is 7.18. The highest BCUT2D eigenvalue weighted by Crippen LogP contribution is 2.23. The van der Waals surface area contributed by atoms with Crippen LogP contribution in [0.1, 0.15) is 50.8 Å². The van der Waals surface area contributed by atoms with Gasteiger partial charge in [-0.25, -0.2) is 4.98 Å². The van der Waals surface area contributed by atoms with Crippen LogP contribution in [0.25, 0.3) is 11.5 Å². The van der Waals surface area contributed by atoms with Crippen LogP contribution < -0.4 is 10.6 Å². The van der Waals surface area contributed by atoms with Crippen LogP contribution in [0.15, 0.2) is 39.9 Å². The Morgan fingerprint density at radius 3 is 2.80 bits per heavy atom. The van der Waals surface area contributed by atoms with Crippen LogP contribution >= 0.6 is 0 Å². The molecule has 3 unspecified atom stereocenters. The van der Waals surface area contributed by atoms with Crippen molar-refractivity contribution in [2.45, 2.75) is 64.2 Å². The number of hydrogen-bond acceptors (Lipinski definition) is 4. The molecule has 6 nitrogen and oxygen atoms in total. The lowest BCUT2D eigenvalue weighted by Gasteiger charge is -2.30. The van der Waals surface area contributed by atoms with Gasteiger partial charge in [0, 0.05) is 52.9 Å². The standard InChI is InChI=1S/C23H34N4O2S/c1-4-24-23(27-19-7-6-8-21(15-19)30(28)5-2)25-14-13-20-16-29-22(26-20)18-11-9-17(3)10-12-18/h9-12,16,19,21H,4-8,13-15H2,1-3H3,(H2,24,25,27). The predicted octanol–water partition coefficient (Wildman–Crippen LogP) is 3.83. The first kappa shape index (κ1) is 22.5. The number of guanidine groups is 1. The molecule has 0 bridgehead atoms. The van der Waals surface area contributed by atoms with Crippen molar-refractivity contribution < 1.29 is 8.63 Å². The maximum absolute atomic E-state index is 12.2. The predicted molar refractivity (Wildman–Crippen MR) is 124 cm³/mol. The summed E-state index contributed by atoms with van der Waals surface area (Å²) in [4.78, 5) is 9.32. The Morgan fingerprint density at radius 2 is 2.07 bits per heavy atom. The van der Waals surface area contributed by atoms with E-state index >= 15 is 0 Å². The van der Waals surface area contributed by atoms with Crippen molar-refractivity contribution in [3.8, 4) is 11.5 Å². The molecule has 1 fully saturated rings. The van der Waals surface area contributed by atoms with E-state index in [1.54, 1.807) is 6.26 Å². The van der Waals surface area contributed by atoms with Gasteiger partial charge in [-0.3, -0.25) is 9.20 Å². The van der Waals surface area contributed by atoms with Gasteiger partial charge in [0.2, 0.25) is 5.89 Å². The van der Waals surface area contributed by atoms with E-state index in [9.17, 15) is 4.21 Å². The molecule has 1 saturated carbocycles. The van der Waals surface area contributed by atoms with E-state index in [-0.39, 0.29) is 0 Å². The molecule has 30 heavy (non-hydrogen) atoms. The Balaban J connectivity index is 1.55. The molecule has 2 aromatic rings. The molecule has 1 aromatic carbocycles. The highest BCUT2D eigenvalue weighted by Gasteiger charge is 2.26. The van der Waals surface area contributed by atoms with Gasteiger partial charge in [0.1, 0.15) is 6.26 Å². The lowest BCUT2D eigenvalue weighted by atomic mass is 9.95. The van der Waals surface area contributed by atoms with Gasteiger partial charge in [-0.1, -0.05) is 31.0 Å². The minimum absolute atomic E-state index is 0.305. The van der Waals surface area contributed by atoms with Crippen molar-refractivity contribution in [2.75, 3.05) is 18.8 Å². The lowest BCUT2D eigenvalue weighted by Crippen LogP contribution is -2.46. The number of aromatic nitrogens is 1. The molecular weight excluding hydrogens is 396 g/mol. The highest BCUT2D eigenvalue weighted by molar-refractivity contribution is 7.85. The van der Waals surface area contributed by atoms with Gasteiger partial charge in [0.15, 0.2) is 5.96 Å². The van der Waals surface area contributed by atoms with Crippen LogP contribution in [0, 0.1) is 6.92 Å². The van der Waals surface area contributed by atoms with Gasteiger partial charge < -0.3 is 15.1 Å². The first-order valence-corrected chi connectivity index (χ1v) is 12.4. The number of aliphatic imine (C=N–C) groups is 1. The van der Waals surface area contributed by atoms with Gasteiger partial charge in [0.25, 0.3) is 0 Å². The zero-order valence-electron chi connectivity index (χ0n) is 18.3. The number of benzene rings is 1. The van der Waals surface area contributed by atoms with E-state index in [2.05, 4.69) is 41.6 Å². The third kappa shape index (κ3) is 6.42. The number of nitrogens with zero attached hydrogens (tertiary/aromatic N) is 2. The second kappa shape index (κ2) is 11.3. The van der Waals surface area contributed by atoms with Crippen molar-refractivity contribution in [3.63, 3.8) is 0 Å². The van der Waals surface area contributed by atoms with Crippen molar-refractivity contribution in [3.05, 3.63) is 41.8 Å². The molecule has 1 aromatic heterocycles. The van der Waals surface area contributed by atoms with Crippen molar-refractivity contribution in [2.24, 2.45) is 4.99 Å². The first-order valence-electron chi connectivity index (χ1n) is 11.0. The fourth-order valence-corrected chi connectivity index (χ4v) is 5.14. The van der Waals surface area contributed by atoms with Crippen molar-refractivity contribution in [1.29, 1.82) is 0 Å². The third-order valence-electron chi connectivity index (χ3n) is 5.46. The highest BCUT2D eigenvalue weighted by atomic mass is 32.2. The molecule has 1 heterocycles. The third-order valence-corrected chi connectivity index (χ3v) is 7.20. The van der Waals surface area contributed by atoms with Crippen LogP contribution in [0.3, 0.4) is 0 Å². The van der Waals surface area contributed by atoms with Gasteiger partial charge in [-0.15, -0.1) is 0 Å². The number of aryl methyl sites for hydroxylation is 1. The Morgan fingerprint density at radius 1 is 1.27 bits per heavy atom. The Hall–Kier alpha value is -2.15. The molecule has 7 heteroatoms. The minimum atomic E-state index is -0.717. The molecule has 0 saturated heterocycles. The summed E-state index contributed by atoms with van der Waals surface area (Å²) in [5.41, 5.74) is 3.11. The molecular formula is C23H34N4O2S. The van der Waals surface area contributed by atoms with Crippen LogP contribution in [0.5, 0.6) is 0 Å². The van der Waals surface area contributed by atoms with Crippen LogP contribution in [0.4, 0.5) is 0 Å². The lowest BCUT2D eigenvalue weighted by molar-refractivity contribution is 0.413. The molecule has 0 amide bonds. The van der Waals surface area contributed by atoms with Crippen LogP contribution in [-0.2, 0) is 17.2 Å². The Bertz CT molecular complexity index is 847. The number of nitrogens with one attached hydrogen (secondary N) is 2. The van der Waals surface area contributed by atoms with E-state index in [4.69, 9.17) is 9.41 Å². The fourth-order valence-electron chi connectivity index (χ4n) is 3.80. The van der Waals surface area contributed by atoms with E-state index < -0.39 is 10.8 Å². The second-order valence-corrected chi connectivity index (χ2v) is 9.83. The zero-order valence-corrected chi connectivity index (χ0v) is 19.1. The SMILES string of the molecule is CCNC(=NCCc1coc(-c2ccc(C)cc2)n1)NC1CCCC(S(=O)CC)C1. The summed E-state index contributed by atoms with van der Waals surface area (Å²) in [7, 11) is -0.717. The largest absolute Gasteiger partial charge is 0.444 e. The van der Waals surface area contributed by atoms with E-state index in [1.165, 1.54) is 5.56 Å². The van der Waals surface area contributed by atoms with E-state index in [0.29, 0.717) is 23.7 Å². The molecule has 1 aliphatic rings. The topological polar surface area (TPSA) is 79.5 Å². The van der Waals surface area contributed by atoms with Gasteiger partial charge in [-0.05, 0) is 45.2 Å². The quantitative estimate of drug-likeness (QED) is 0.491. The zero-order chi connectivity index (χ0) is 21.3. The fraction of sp³-hybridized carbons (Fsp3) is 0.565. The van der Waals surface area contributed by atoms with Crippen molar-refractivity contribution >= 4 is 16.8 Å². The average Bonchev–Trinajstić information content (AvgIpc) is 3.23. The molecule has 3 rings (SSSR count). The summed E-state index contributed by atoms with van der Waals surface area (Å²) < 4.78 is 17.8. The van der Waals surface area contributed by atoms with Crippen LogP contribution in [0.2, 0.25) is 0 Å². The number of rotatable bonds is 8. The second-order valence-electron chi connectivity index (χ2n) is 7.82. The smallest absolute Gasteiger partial charge is 0.226 e. The minimum Gasteiger partial charge on any atom is -0.444 e. The first-order chi connectivity index (χ1) is 14.6. The van der Waals surface area contributed by atoms with E-state index in [1.807, 2.05) is 19.1 Å². The molecule has 0 aliphatic heterocycles. The van der Waals surface area contributed by atoms with Crippen molar-refractivity contribution in [1.82, 2.24) is 15.6 Å². The summed E-state index contributed by atoms with van der Waals surface area (Å²) in [6.07, 6.45) is 6.69. The maximum Gasteiger partial charge on any atom is 0.226 e. The molecule has 164 valence electrons. The summed E-state index contributed by atoms with van der Waals surface area (Å²) in [5.74, 6) is 2.22.